The van der Waals surface area contributed by atoms with E-state index in [2.05, 4.69) is 30.2 Å². The first-order chi connectivity index (χ1) is 9.62. The van der Waals surface area contributed by atoms with Crippen LogP contribution in [0.1, 0.15) is 32.3 Å². The van der Waals surface area contributed by atoms with Crippen molar-refractivity contribution in [1.82, 2.24) is 0 Å². The fourth-order valence-corrected chi connectivity index (χ4v) is 3.62. The quantitative estimate of drug-likeness (QED) is 0.892. The van der Waals surface area contributed by atoms with Crippen LogP contribution in [0.3, 0.4) is 0 Å². The SMILES string of the molecule is CCC1(CC)CN=C(Nc2ccc(C#N)cc2Cl)SC1. The van der Waals surface area contributed by atoms with Gasteiger partial charge in [0.2, 0.25) is 0 Å². The number of aliphatic imine (C=N–C) groups is 1. The molecule has 0 radical (unpaired) electrons. The molecule has 20 heavy (non-hydrogen) atoms. The molecule has 0 saturated heterocycles. The summed E-state index contributed by atoms with van der Waals surface area (Å²) in [6, 6.07) is 7.32. The minimum absolute atomic E-state index is 0.338. The van der Waals surface area contributed by atoms with Gasteiger partial charge in [-0.25, -0.2) is 0 Å². The standard InChI is InChI=1S/C15H18ClN3S/c1-3-15(4-2)9-18-14(20-10-15)19-13-6-5-11(8-17)7-12(13)16/h5-7H,3-4,9-10H2,1-2H3,(H,18,19). The van der Waals surface area contributed by atoms with Crippen molar-refractivity contribution < 1.29 is 0 Å². The van der Waals surface area contributed by atoms with Gasteiger partial charge >= 0.3 is 0 Å². The van der Waals surface area contributed by atoms with E-state index in [9.17, 15) is 0 Å². The number of anilines is 1. The Morgan fingerprint density at radius 2 is 2.20 bits per heavy atom. The lowest BCUT2D eigenvalue weighted by Crippen LogP contribution is -2.32. The lowest BCUT2D eigenvalue weighted by atomic mass is 9.84. The summed E-state index contributed by atoms with van der Waals surface area (Å²) in [5, 5.41) is 13.5. The predicted octanol–water partition coefficient (Wildman–Crippen LogP) is 4.53. The van der Waals surface area contributed by atoms with Gasteiger partial charge in [-0.05, 0) is 36.5 Å². The van der Waals surface area contributed by atoms with Gasteiger partial charge in [-0.1, -0.05) is 37.2 Å². The highest BCUT2D eigenvalue weighted by Gasteiger charge is 2.30. The van der Waals surface area contributed by atoms with E-state index >= 15 is 0 Å². The Kier molecular flexibility index (Phi) is 4.95. The first kappa shape index (κ1) is 15.2. The Morgan fingerprint density at radius 1 is 1.45 bits per heavy atom. The predicted molar refractivity (Wildman–Crippen MR) is 87.6 cm³/mol. The summed E-state index contributed by atoms with van der Waals surface area (Å²) in [5.74, 6) is 1.08. The molecule has 0 atom stereocenters. The molecule has 106 valence electrons. The van der Waals surface area contributed by atoms with Crippen LogP contribution >= 0.6 is 23.4 Å². The van der Waals surface area contributed by atoms with Crippen molar-refractivity contribution in [1.29, 1.82) is 5.26 Å². The molecule has 1 aromatic rings. The van der Waals surface area contributed by atoms with Crippen molar-refractivity contribution in [2.24, 2.45) is 10.4 Å². The molecular weight excluding hydrogens is 290 g/mol. The lowest BCUT2D eigenvalue weighted by Gasteiger charge is -2.33. The third kappa shape index (κ3) is 3.28. The van der Waals surface area contributed by atoms with Crippen LogP contribution in [0.15, 0.2) is 23.2 Å². The van der Waals surface area contributed by atoms with Gasteiger partial charge in [-0.15, -0.1) is 0 Å². The van der Waals surface area contributed by atoms with E-state index in [0.29, 0.717) is 16.0 Å². The molecule has 0 aromatic heterocycles. The maximum absolute atomic E-state index is 8.83. The summed E-state index contributed by atoms with van der Waals surface area (Å²) in [6.07, 6.45) is 2.32. The monoisotopic (exact) mass is 307 g/mol. The number of nitrogens with zero attached hydrogens (tertiary/aromatic N) is 2. The number of nitriles is 1. The van der Waals surface area contributed by atoms with E-state index in [4.69, 9.17) is 16.9 Å². The van der Waals surface area contributed by atoms with Crippen molar-refractivity contribution in [2.45, 2.75) is 26.7 Å². The normalized spacial score (nSPS) is 17.2. The molecule has 0 fully saturated rings. The number of amidine groups is 1. The average Bonchev–Trinajstić information content (AvgIpc) is 2.50. The van der Waals surface area contributed by atoms with Gasteiger partial charge in [-0.3, -0.25) is 4.99 Å². The van der Waals surface area contributed by atoms with Gasteiger partial charge in [0.1, 0.15) is 0 Å². The van der Waals surface area contributed by atoms with Crippen molar-refractivity contribution in [3.8, 4) is 6.07 Å². The minimum atomic E-state index is 0.338. The maximum Gasteiger partial charge on any atom is 0.161 e. The number of rotatable bonds is 3. The zero-order valence-electron chi connectivity index (χ0n) is 11.7. The van der Waals surface area contributed by atoms with Gasteiger partial charge < -0.3 is 5.32 Å². The van der Waals surface area contributed by atoms with Gasteiger partial charge in [-0.2, -0.15) is 5.26 Å². The van der Waals surface area contributed by atoms with Crippen LogP contribution in [0.4, 0.5) is 5.69 Å². The van der Waals surface area contributed by atoms with Crippen LogP contribution in [0, 0.1) is 16.7 Å². The lowest BCUT2D eigenvalue weighted by molar-refractivity contribution is 0.318. The Labute approximate surface area is 129 Å². The summed E-state index contributed by atoms with van der Waals surface area (Å²) in [7, 11) is 0. The highest BCUT2D eigenvalue weighted by Crippen LogP contribution is 2.36. The molecule has 1 aliphatic heterocycles. The topological polar surface area (TPSA) is 48.2 Å². The number of hydrogen-bond acceptors (Lipinski definition) is 4. The highest BCUT2D eigenvalue weighted by molar-refractivity contribution is 8.14. The maximum atomic E-state index is 8.83. The molecule has 0 spiro atoms. The second-order valence-corrected chi connectivity index (χ2v) is 6.42. The molecule has 1 N–H and O–H groups in total. The van der Waals surface area contributed by atoms with E-state index in [-0.39, 0.29) is 0 Å². The molecular formula is C15H18ClN3S. The molecule has 2 rings (SSSR count). The van der Waals surface area contributed by atoms with Gasteiger partial charge in [0.15, 0.2) is 5.17 Å². The average molecular weight is 308 g/mol. The smallest absolute Gasteiger partial charge is 0.161 e. The number of halogens is 1. The van der Waals surface area contributed by atoms with Crippen molar-refractivity contribution >= 4 is 34.2 Å². The van der Waals surface area contributed by atoms with Crippen LogP contribution in [0.25, 0.3) is 0 Å². The largest absolute Gasteiger partial charge is 0.334 e. The minimum Gasteiger partial charge on any atom is -0.334 e. The molecule has 5 heteroatoms. The summed E-state index contributed by atoms with van der Waals surface area (Å²) in [6.45, 7) is 5.33. The van der Waals surface area contributed by atoms with Crippen LogP contribution in [-0.2, 0) is 0 Å². The molecule has 0 bridgehead atoms. The Morgan fingerprint density at radius 3 is 2.70 bits per heavy atom. The van der Waals surface area contributed by atoms with Crippen molar-refractivity contribution in [3.63, 3.8) is 0 Å². The molecule has 3 nitrogen and oxygen atoms in total. The summed E-state index contributed by atoms with van der Waals surface area (Å²) in [5.41, 5.74) is 1.71. The van der Waals surface area contributed by atoms with E-state index in [1.807, 2.05) is 6.07 Å². The van der Waals surface area contributed by atoms with Gasteiger partial charge in [0.05, 0.1) is 22.3 Å². The second-order valence-electron chi connectivity index (χ2n) is 5.05. The number of benzene rings is 1. The molecule has 1 aliphatic rings. The Bertz CT molecular complexity index is 559. The summed E-state index contributed by atoms with van der Waals surface area (Å²) < 4.78 is 0. The second kappa shape index (κ2) is 6.51. The molecule has 0 saturated carbocycles. The Hall–Kier alpha value is -1.18. The Balaban J connectivity index is 2.09. The molecule has 0 aliphatic carbocycles. The van der Waals surface area contributed by atoms with E-state index in [0.717, 1.165) is 36.0 Å². The molecule has 1 aromatic carbocycles. The number of hydrogen-bond donors (Lipinski definition) is 1. The number of nitrogens with one attached hydrogen (secondary N) is 1. The van der Waals surface area contributed by atoms with Crippen LogP contribution < -0.4 is 5.32 Å². The van der Waals surface area contributed by atoms with Crippen LogP contribution in [0.2, 0.25) is 5.02 Å². The van der Waals surface area contributed by atoms with E-state index in [1.165, 1.54) is 0 Å². The van der Waals surface area contributed by atoms with Crippen molar-refractivity contribution in [2.75, 3.05) is 17.6 Å². The fraction of sp³-hybridized carbons (Fsp3) is 0.467. The van der Waals surface area contributed by atoms with Crippen LogP contribution in [-0.4, -0.2) is 17.5 Å². The third-order valence-corrected chi connectivity index (χ3v) is 5.49. The zero-order chi connectivity index (χ0) is 14.6. The van der Waals surface area contributed by atoms with Crippen molar-refractivity contribution in [3.05, 3.63) is 28.8 Å². The summed E-state index contributed by atoms with van der Waals surface area (Å²) in [4.78, 5) is 4.65. The first-order valence-electron chi connectivity index (χ1n) is 6.76. The molecule has 0 amide bonds. The van der Waals surface area contributed by atoms with Crippen LogP contribution in [0.5, 0.6) is 0 Å². The molecule has 1 heterocycles. The van der Waals surface area contributed by atoms with Gasteiger partial charge in [0.25, 0.3) is 0 Å². The van der Waals surface area contributed by atoms with E-state index < -0.39 is 0 Å². The highest BCUT2D eigenvalue weighted by atomic mass is 35.5. The molecule has 0 unspecified atom stereocenters. The summed E-state index contributed by atoms with van der Waals surface area (Å²) >= 11 is 7.91. The first-order valence-corrected chi connectivity index (χ1v) is 8.13. The number of thioether (sulfide) groups is 1. The van der Waals surface area contributed by atoms with E-state index in [1.54, 1.807) is 23.9 Å². The third-order valence-electron chi connectivity index (χ3n) is 3.91. The fourth-order valence-electron chi connectivity index (χ4n) is 2.11. The zero-order valence-corrected chi connectivity index (χ0v) is 13.3. The van der Waals surface area contributed by atoms with Gasteiger partial charge in [0, 0.05) is 12.3 Å².